The van der Waals surface area contributed by atoms with Crippen LogP contribution in [0.2, 0.25) is 0 Å². The number of ether oxygens (including phenoxy) is 1. The van der Waals surface area contributed by atoms with Gasteiger partial charge in [0.25, 0.3) is 11.4 Å². The first-order valence-corrected chi connectivity index (χ1v) is 7.36. The normalized spacial score (nSPS) is 10.4. The summed E-state index contributed by atoms with van der Waals surface area (Å²) in [4.78, 5) is 33.8. The Bertz CT molecular complexity index is 935. The average molecular weight is 381 g/mol. The molecule has 2 rings (SSSR count). The molecular formula is C16H13F2N3O6. The first-order chi connectivity index (χ1) is 12.6. The smallest absolute Gasteiger partial charge is 0.340 e. The van der Waals surface area contributed by atoms with Crippen molar-refractivity contribution in [3.05, 3.63) is 73.3 Å². The standard InChI is InChI=1S/C16H13F2N3O6/c1-19(8-9-3-4-10(17)5-13(9)18)15-12(16(22)27-2)6-11(20(23)24)7-14(15)21(25)26/h3-7H,8H2,1-2H3. The summed E-state index contributed by atoms with van der Waals surface area (Å²) >= 11 is 0. The quantitative estimate of drug-likeness (QED) is 0.428. The number of carbonyl (C=O) groups excluding carboxylic acids is 1. The van der Waals surface area contributed by atoms with Gasteiger partial charge in [-0.05, 0) is 6.07 Å². The van der Waals surface area contributed by atoms with E-state index >= 15 is 0 Å². The zero-order chi connectivity index (χ0) is 20.3. The number of non-ortho nitro benzene ring substituents is 1. The number of nitro benzene ring substituents is 2. The molecule has 0 atom stereocenters. The number of carbonyl (C=O) groups is 1. The second kappa shape index (κ2) is 7.72. The van der Waals surface area contributed by atoms with Crippen molar-refractivity contribution in [2.75, 3.05) is 19.1 Å². The lowest BCUT2D eigenvalue weighted by Gasteiger charge is -2.21. The number of benzene rings is 2. The minimum Gasteiger partial charge on any atom is -0.465 e. The highest BCUT2D eigenvalue weighted by molar-refractivity contribution is 5.99. The van der Waals surface area contributed by atoms with E-state index in [0.29, 0.717) is 12.1 Å². The van der Waals surface area contributed by atoms with Gasteiger partial charge in [0.05, 0.1) is 28.6 Å². The van der Waals surface area contributed by atoms with Crippen molar-refractivity contribution in [1.29, 1.82) is 0 Å². The maximum Gasteiger partial charge on any atom is 0.340 e. The van der Waals surface area contributed by atoms with E-state index in [1.165, 1.54) is 7.05 Å². The van der Waals surface area contributed by atoms with E-state index in [2.05, 4.69) is 4.74 Å². The van der Waals surface area contributed by atoms with Gasteiger partial charge in [0.2, 0.25) is 0 Å². The average Bonchev–Trinajstić information content (AvgIpc) is 2.61. The molecule has 0 aromatic heterocycles. The minimum atomic E-state index is -1.04. The second-order valence-electron chi connectivity index (χ2n) is 5.46. The zero-order valence-electron chi connectivity index (χ0n) is 14.1. The number of rotatable bonds is 6. The third-order valence-electron chi connectivity index (χ3n) is 3.69. The molecule has 0 heterocycles. The lowest BCUT2D eigenvalue weighted by atomic mass is 10.1. The molecule has 142 valence electrons. The van der Waals surface area contributed by atoms with Crippen LogP contribution in [-0.2, 0) is 11.3 Å². The van der Waals surface area contributed by atoms with Gasteiger partial charge in [-0.2, -0.15) is 0 Å². The number of methoxy groups -OCH3 is 1. The predicted octanol–water partition coefficient (Wildman–Crippen LogP) is 3.20. The van der Waals surface area contributed by atoms with Gasteiger partial charge in [0, 0.05) is 31.3 Å². The Hall–Kier alpha value is -3.63. The molecule has 0 N–H and O–H groups in total. The van der Waals surface area contributed by atoms with Crippen LogP contribution in [0.5, 0.6) is 0 Å². The Labute approximate surface area is 151 Å². The Morgan fingerprint density at radius 3 is 2.33 bits per heavy atom. The molecule has 9 nitrogen and oxygen atoms in total. The van der Waals surface area contributed by atoms with Crippen LogP contribution < -0.4 is 4.90 Å². The summed E-state index contributed by atoms with van der Waals surface area (Å²) < 4.78 is 31.5. The summed E-state index contributed by atoms with van der Waals surface area (Å²) in [5.74, 6) is -2.72. The van der Waals surface area contributed by atoms with Crippen LogP contribution in [0.4, 0.5) is 25.8 Å². The fourth-order valence-electron chi connectivity index (χ4n) is 2.50. The van der Waals surface area contributed by atoms with E-state index in [-0.39, 0.29) is 17.8 Å². The van der Waals surface area contributed by atoms with E-state index in [1.54, 1.807) is 0 Å². The van der Waals surface area contributed by atoms with Gasteiger partial charge < -0.3 is 9.64 Å². The largest absolute Gasteiger partial charge is 0.465 e. The molecule has 0 unspecified atom stereocenters. The van der Waals surface area contributed by atoms with Crippen LogP contribution in [0.25, 0.3) is 0 Å². The fraction of sp³-hybridized carbons (Fsp3) is 0.188. The van der Waals surface area contributed by atoms with Crippen molar-refractivity contribution in [2.45, 2.75) is 6.54 Å². The molecule has 27 heavy (non-hydrogen) atoms. The first-order valence-electron chi connectivity index (χ1n) is 7.36. The van der Waals surface area contributed by atoms with Gasteiger partial charge in [-0.1, -0.05) is 6.07 Å². The SMILES string of the molecule is COC(=O)c1cc([N+](=O)[O-])cc([N+](=O)[O-])c1N(C)Cc1ccc(F)cc1F. The van der Waals surface area contributed by atoms with Crippen LogP contribution >= 0.6 is 0 Å². The van der Waals surface area contributed by atoms with Crippen LogP contribution in [0.15, 0.2) is 30.3 Å². The number of nitrogens with zero attached hydrogens (tertiary/aromatic N) is 3. The third-order valence-corrected chi connectivity index (χ3v) is 3.69. The highest BCUT2D eigenvalue weighted by atomic mass is 19.1. The first kappa shape index (κ1) is 19.7. The maximum absolute atomic E-state index is 13.9. The van der Waals surface area contributed by atoms with Gasteiger partial charge in [-0.3, -0.25) is 20.2 Å². The zero-order valence-corrected chi connectivity index (χ0v) is 14.1. The highest BCUT2D eigenvalue weighted by Gasteiger charge is 2.30. The second-order valence-corrected chi connectivity index (χ2v) is 5.46. The van der Waals surface area contributed by atoms with Crippen molar-refractivity contribution >= 4 is 23.0 Å². The molecule has 0 amide bonds. The lowest BCUT2D eigenvalue weighted by molar-refractivity contribution is -0.393. The Kier molecular flexibility index (Phi) is 5.63. The Morgan fingerprint density at radius 1 is 1.15 bits per heavy atom. The van der Waals surface area contributed by atoms with E-state index in [4.69, 9.17) is 0 Å². The maximum atomic E-state index is 13.9. The molecule has 0 aliphatic rings. The van der Waals surface area contributed by atoms with Crippen LogP contribution in [-0.4, -0.2) is 30.0 Å². The van der Waals surface area contributed by atoms with Gasteiger partial charge >= 0.3 is 5.97 Å². The summed E-state index contributed by atoms with van der Waals surface area (Å²) in [6, 6.07) is 4.34. The molecule has 0 fully saturated rings. The molecule has 0 aliphatic carbocycles. The van der Waals surface area contributed by atoms with E-state index in [9.17, 15) is 33.8 Å². The molecule has 0 spiro atoms. The molecule has 0 radical (unpaired) electrons. The molecule has 0 bridgehead atoms. The summed E-state index contributed by atoms with van der Waals surface area (Å²) in [5.41, 5.74) is -2.12. The predicted molar refractivity (Wildman–Crippen MR) is 89.6 cm³/mol. The topological polar surface area (TPSA) is 116 Å². The number of anilines is 1. The van der Waals surface area contributed by atoms with Gasteiger partial charge in [-0.25, -0.2) is 13.6 Å². The molecule has 2 aromatic rings. The molecule has 0 saturated carbocycles. The summed E-state index contributed by atoms with van der Waals surface area (Å²) in [6.45, 7) is -0.269. The minimum absolute atomic E-state index is 0.00219. The number of hydrogen-bond acceptors (Lipinski definition) is 7. The Balaban J connectivity index is 2.62. The number of halogens is 2. The summed E-state index contributed by atoms with van der Waals surface area (Å²) in [7, 11) is 2.33. The molecule has 2 aromatic carbocycles. The number of esters is 1. The van der Waals surface area contributed by atoms with Gasteiger partial charge in [0.1, 0.15) is 17.3 Å². The van der Waals surface area contributed by atoms with E-state index in [0.717, 1.165) is 30.2 Å². The van der Waals surface area contributed by atoms with Crippen molar-refractivity contribution in [3.63, 3.8) is 0 Å². The van der Waals surface area contributed by atoms with Crippen LogP contribution in [0, 0.1) is 31.9 Å². The highest BCUT2D eigenvalue weighted by Crippen LogP contribution is 2.37. The molecular weight excluding hydrogens is 368 g/mol. The Morgan fingerprint density at radius 2 is 1.81 bits per heavy atom. The molecule has 0 saturated heterocycles. The van der Waals surface area contributed by atoms with Crippen LogP contribution in [0.3, 0.4) is 0 Å². The van der Waals surface area contributed by atoms with Gasteiger partial charge in [-0.15, -0.1) is 0 Å². The molecule has 11 heteroatoms. The third kappa shape index (κ3) is 4.14. The van der Waals surface area contributed by atoms with Gasteiger partial charge in [0.15, 0.2) is 0 Å². The van der Waals surface area contributed by atoms with Crippen molar-refractivity contribution < 1.29 is 28.2 Å². The van der Waals surface area contributed by atoms with Crippen LogP contribution in [0.1, 0.15) is 15.9 Å². The van der Waals surface area contributed by atoms with E-state index < -0.39 is 44.4 Å². The number of nitro groups is 2. The van der Waals surface area contributed by atoms with Crippen molar-refractivity contribution in [1.82, 2.24) is 0 Å². The van der Waals surface area contributed by atoms with Crippen molar-refractivity contribution in [3.8, 4) is 0 Å². The van der Waals surface area contributed by atoms with Crippen molar-refractivity contribution in [2.24, 2.45) is 0 Å². The monoisotopic (exact) mass is 381 g/mol. The molecule has 0 aliphatic heterocycles. The lowest BCUT2D eigenvalue weighted by Crippen LogP contribution is -2.22. The number of hydrogen-bond donors (Lipinski definition) is 0. The summed E-state index contributed by atoms with van der Waals surface area (Å²) in [5, 5.41) is 22.4. The van der Waals surface area contributed by atoms with E-state index in [1.807, 2.05) is 0 Å². The fourth-order valence-corrected chi connectivity index (χ4v) is 2.50. The summed E-state index contributed by atoms with van der Waals surface area (Å²) in [6.07, 6.45) is 0.